The first-order valence-corrected chi connectivity index (χ1v) is 13.0. The summed E-state index contributed by atoms with van der Waals surface area (Å²) in [6.45, 7) is 13.3. The minimum Gasteiger partial charge on any atom is -0.305 e. The van der Waals surface area contributed by atoms with Crippen LogP contribution in [0.2, 0.25) is 0 Å². The number of fused-ring (bicyclic) bond motifs is 3. The van der Waals surface area contributed by atoms with E-state index in [2.05, 4.69) is 87.9 Å². The summed E-state index contributed by atoms with van der Waals surface area (Å²) in [6.07, 6.45) is 5.63. The summed E-state index contributed by atoms with van der Waals surface area (Å²) in [7, 11) is 0. The Kier molecular flexibility index (Phi) is 8.30. The van der Waals surface area contributed by atoms with Gasteiger partial charge in [-0.3, -0.25) is 4.98 Å². The van der Waals surface area contributed by atoms with Gasteiger partial charge in [0.2, 0.25) is 0 Å². The monoisotopic (exact) mass is 688 g/mol. The van der Waals surface area contributed by atoms with E-state index in [1.807, 2.05) is 67.1 Å². The second-order valence-electron chi connectivity index (χ2n) is 11.0. The van der Waals surface area contributed by atoms with Crippen molar-refractivity contribution < 1.29 is 20.1 Å². The molecule has 0 aliphatic heterocycles. The van der Waals surface area contributed by atoms with E-state index in [9.17, 15) is 0 Å². The second-order valence-corrected chi connectivity index (χ2v) is 11.0. The third-order valence-electron chi connectivity index (χ3n) is 8.17. The predicted octanol–water partition coefficient (Wildman–Crippen LogP) is 8.34. The van der Waals surface area contributed by atoms with E-state index >= 15 is 0 Å². The van der Waals surface area contributed by atoms with Crippen LogP contribution in [0.15, 0.2) is 91.4 Å². The Morgan fingerprint density at radius 2 is 1.41 bits per heavy atom. The van der Waals surface area contributed by atoms with Gasteiger partial charge >= 0.3 is 0 Å². The number of rotatable bonds is 2. The standard InChI is InChI=1S/C22H21N2.C13H12N.Ir/c1-21(2)18-11-10-15(19-9-5-6-12-23-19)14-17(18)16-8-7-13-24-20(16)22(21,3)4;1-10-8-13(14-9-11(10)2)12-6-4-3-5-7-12;/h5-9,11-14H,1-4H3;3-6,8-9H,1-2H3;/q2*-1;. The Balaban J connectivity index is 0.000000202. The zero-order chi connectivity index (χ0) is 26.9. The van der Waals surface area contributed by atoms with Crippen molar-refractivity contribution in [2.45, 2.75) is 52.4 Å². The molecule has 0 spiro atoms. The average molecular weight is 688 g/mol. The molecule has 0 saturated carbocycles. The fourth-order valence-electron chi connectivity index (χ4n) is 4.98. The van der Waals surface area contributed by atoms with Gasteiger partial charge in [-0.1, -0.05) is 63.1 Å². The van der Waals surface area contributed by atoms with Gasteiger partial charge in [0, 0.05) is 44.1 Å². The molecule has 0 fully saturated rings. The molecular formula is C35H33IrN3-2. The van der Waals surface area contributed by atoms with Gasteiger partial charge in [-0.2, -0.15) is 0 Å². The van der Waals surface area contributed by atoms with Crippen molar-refractivity contribution in [1.29, 1.82) is 0 Å². The Bertz CT molecular complexity index is 1570. The number of aromatic nitrogens is 3. The average Bonchev–Trinajstić information content (AvgIpc) is 2.95. The molecule has 1 radical (unpaired) electrons. The topological polar surface area (TPSA) is 38.7 Å². The molecule has 39 heavy (non-hydrogen) atoms. The van der Waals surface area contributed by atoms with Crippen LogP contribution in [0.5, 0.6) is 0 Å². The zero-order valence-corrected chi connectivity index (χ0v) is 25.7. The maximum atomic E-state index is 4.74. The predicted molar refractivity (Wildman–Crippen MR) is 156 cm³/mol. The molecule has 0 N–H and O–H groups in total. The van der Waals surface area contributed by atoms with Crippen LogP contribution >= 0.6 is 0 Å². The Morgan fingerprint density at radius 1 is 0.641 bits per heavy atom. The summed E-state index contributed by atoms with van der Waals surface area (Å²) in [5.74, 6) is 0. The van der Waals surface area contributed by atoms with Crippen molar-refractivity contribution >= 4 is 0 Å². The number of hydrogen-bond acceptors (Lipinski definition) is 3. The number of benzene rings is 2. The molecule has 0 amide bonds. The summed E-state index contributed by atoms with van der Waals surface area (Å²) in [6, 6.07) is 31.2. The fourth-order valence-corrected chi connectivity index (χ4v) is 4.98. The smallest absolute Gasteiger partial charge is 0.0522 e. The van der Waals surface area contributed by atoms with E-state index in [0.29, 0.717) is 0 Å². The van der Waals surface area contributed by atoms with E-state index in [1.54, 1.807) is 0 Å². The molecule has 199 valence electrons. The largest absolute Gasteiger partial charge is 0.305 e. The van der Waals surface area contributed by atoms with Gasteiger partial charge in [-0.25, -0.2) is 0 Å². The van der Waals surface area contributed by atoms with Gasteiger partial charge in [0.05, 0.1) is 5.69 Å². The first-order valence-electron chi connectivity index (χ1n) is 13.0. The van der Waals surface area contributed by atoms with Crippen LogP contribution in [0.25, 0.3) is 33.6 Å². The maximum Gasteiger partial charge on any atom is 0.0522 e. The summed E-state index contributed by atoms with van der Waals surface area (Å²) in [5.41, 5.74) is 11.4. The minimum atomic E-state index is -0.0447. The third kappa shape index (κ3) is 5.37. The van der Waals surface area contributed by atoms with Gasteiger partial charge < -0.3 is 9.97 Å². The van der Waals surface area contributed by atoms with Gasteiger partial charge in [0.25, 0.3) is 0 Å². The van der Waals surface area contributed by atoms with Gasteiger partial charge in [0.1, 0.15) is 0 Å². The molecule has 0 bridgehead atoms. The molecule has 1 aliphatic carbocycles. The van der Waals surface area contributed by atoms with Crippen LogP contribution in [-0.2, 0) is 30.9 Å². The quantitative estimate of drug-likeness (QED) is 0.175. The number of hydrogen-bond donors (Lipinski definition) is 0. The molecule has 0 atom stereocenters. The summed E-state index contributed by atoms with van der Waals surface area (Å²) < 4.78 is 0. The third-order valence-corrected chi connectivity index (χ3v) is 8.17. The van der Waals surface area contributed by atoms with Crippen molar-refractivity contribution in [1.82, 2.24) is 15.0 Å². The van der Waals surface area contributed by atoms with Crippen molar-refractivity contribution in [2.24, 2.45) is 0 Å². The molecule has 0 saturated heterocycles. The molecule has 6 rings (SSSR count). The fraction of sp³-hybridized carbons (Fsp3) is 0.229. The van der Waals surface area contributed by atoms with E-state index < -0.39 is 0 Å². The Morgan fingerprint density at radius 3 is 2.10 bits per heavy atom. The maximum absolute atomic E-state index is 4.74. The molecule has 4 heteroatoms. The van der Waals surface area contributed by atoms with E-state index in [4.69, 9.17) is 4.98 Å². The molecule has 2 aromatic carbocycles. The first kappa shape index (κ1) is 28.5. The van der Waals surface area contributed by atoms with Gasteiger partial charge in [-0.05, 0) is 53.9 Å². The van der Waals surface area contributed by atoms with E-state index in [0.717, 1.165) is 22.5 Å². The zero-order valence-electron chi connectivity index (χ0n) is 23.3. The van der Waals surface area contributed by atoms with Crippen LogP contribution in [0.4, 0.5) is 0 Å². The molecular weight excluding hydrogens is 655 g/mol. The number of aryl methyl sites for hydroxylation is 2. The number of nitrogens with zero attached hydrogens (tertiary/aromatic N) is 3. The van der Waals surface area contributed by atoms with Crippen molar-refractivity contribution in [3.63, 3.8) is 0 Å². The van der Waals surface area contributed by atoms with Crippen molar-refractivity contribution in [2.75, 3.05) is 0 Å². The van der Waals surface area contributed by atoms with Crippen molar-refractivity contribution in [3.05, 3.63) is 126 Å². The van der Waals surface area contributed by atoms with Gasteiger partial charge in [0.15, 0.2) is 0 Å². The Labute approximate surface area is 246 Å². The van der Waals surface area contributed by atoms with Crippen LogP contribution in [0, 0.1) is 26.0 Å². The molecule has 3 nitrogen and oxygen atoms in total. The summed E-state index contributed by atoms with van der Waals surface area (Å²) in [5, 5.41) is 0. The van der Waals surface area contributed by atoms with Crippen molar-refractivity contribution in [3.8, 4) is 33.6 Å². The van der Waals surface area contributed by atoms with Crippen LogP contribution < -0.4 is 0 Å². The van der Waals surface area contributed by atoms with Gasteiger partial charge in [-0.15, -0.1) is 65.2 Å². The SMILES string of the molecule is CC1(C)c2c[c-]c(-c3ccccn3)cc2-c2cccnc2C1(C)C.Cc1cnc(-c2[c-]cccc2)cc1C.[Ir]. The molecule has 0 unspecified atom stereocenters. The van der Waals surface area contributed by atoms with Crippen LogP contribution in [-0.4, -0.2) is 15.0 Å². The number of pyridine rings is 3. The first-order chi connectivity index (χ1) is 18.2. The second kappa shape index (κ2) is 11.3. The minimum absolute atomic E-state index is 0. The summed E-state index contributed by atoms with van der Waals surface area (Å²) in [4.78, 5) is 13.6. The van der Waals surface area contributed by atoms with E-state index in [1.165, 1.54) is 33.5 Å². The molecule has 1 aliphatic rings. The van der Waals surface area contributed by atoms with Crippen LogP contribution in [0.3, 0.4) is 0 Å². The molecule has 3 aromatic heterocycles. The summed E-state index contributed by atoms with van der Waals surface area (Å²) >= 11 is 0. The van der Waals surface area contributed by atoms with Crippen LogP contribution in [0.1, 0.15) is 50.1 Å². The molecule has 5 aromatic rings. The normalized spacial score (nSPS) is 14.1. The molecule has 3 heterocycles. The van der Waals surface area contributed by atoms with E-state index in [-0.39, 0.29) is 30.9 Å². The Hall–Kier alpha value is -3.46.